The summed E-state index contributed by atoms with van der Waals surface area (Å²) in [5.41, 5.74) is 0.823. The molecule has 2 aromatic heterocycles. The number of amides is 2. The molecule has 0 atom stereocenters. The van der Waals surface area contributed by atoms with Gasteiger partial charge in [-0.25, -0.2) is 4.79 Å². The Kier molecular flexibility index (Phi) is 5.43. The van der Waals surface area contributed by atoms with Crippen molar-refractivity contribution < 1.29 is 9.32 Å². The van der Waals surface area contributed by atoms with Gasteiger partial charge < -0.3 is 9.42 Å². The van der Waals surface area contributed by atoms with Crippen LogP contribution in [-0.2, 0) is 5.41 Å². The molecule has 27 heavy (non-hydrogen) atoms. The van der Waals surface area contributed by atoms with Gasteiger partial charge in [-0.2, -0.15) is 10.1 Å². The lowest BCUT2D eigenvalue weighted by Crippen LogP contribution is -2.40. The largest absolute Gasteiger partial charge is 0.339 e. The molecule has 0 radical (unpaired) electrons. The Hall–Kier alpha value is -2.51. The van der Waals surface area contributed by atoms with Crippen LogP contribution in [0.5, 0.6) is 0 Å². The minimum Gasteiger partial charge on any atom is -0.339 e. The summed E-state index contributed by atoms with van der Waals surface area (Å²) >= 11 is 0. The van der Waals surface area contributed by atoms with Gasteiger partial charge in [-0.05, 0) is 25.0 Å². The van der Waals surface area contributed by atoms with Crippen LogP contribution in [0.1, 0.15) is 76.7 Å². The van der Waals surface area contributed by atoms with Crippen molar-refractivity contribution in [2.75, 3.05) is 18.4 Å². The van der Waals surface area contributed by atoms with Crippen LogP contribution in [0.3, 0.4) is 0 Å². The lowest BCUT2D eigenvalue weighted by molar-refractivity contribution is 0.193. The first-order valence-electron chi connectivity index (χ1n) is 9.47. The zero-order valence-electron chi connectivity index (χ0n) is 16.7. The molecule has 3 rings (SSSR count). The summed E-state index contributed by atoms with van der Waals surface area (Å²) in [6.07, 6.45) is 1.64. The zero-order chi connectivity index (χ0) is 19.6. The van der Waals surface area contributed by atoms with Crippen molar-refractivity contribution in [3.05, 3.63) is 29.5 Å². The summed E-state index contributed by atoms with van der Waals surface area (Å²) < 4.78 is 5.30. The van der Waals surface area contributed by atoms with E-state index in [4.69, 9.17) is 4.52 Å². The van der Waals surface area contributed by atoms with E-state index in [1.165, 1.54) is 0 Å². The van der Waals surface area contributed by atoms with Gasteiger partial charge >= 0.3 is 6.03 Å². The topological polar surface area (TPSA) is 97.0 Å². The minimum absolute atomic E-state index is 0.0674. The highest BCUT2D eigenvalue weighted by atomic mass is 16.5. The first kappa shape index (κ1) is 19.3. The van der Waals surface area contributed by atoms with Crippen LogP contribution >= 0.6 is 0 Å². The molecular formula is C19H28N6O2. The zero-order valence-corrected chi connectivity index (χ0v) is 16.7. The third-order valence-corrected chi connectivity index (χ3v) is 4.77. The predicted molar refractivity (Wildman–Crippen MR) is 102 cm³/mol. The predicted octanol–water partition coefficient (Wildman–Crippen LogP) is 3.69. The van der Waals surface area contributed by atoms with Crippen LogP contribution in [0.2, 0.25) is 0 Å². The summed E-state index contributed by atoms with van der Waals surface area (Å²) in [6, 6.07) is 3.55. The van der Waals surface area contributed by atoms with Crippen LogP contribution in [0.15, 0.2) is 16.7 Å². The molecule has 1 fully saturated rings. The third-order valence-electron chi connectivity index (χ3n) is 4.77. The highest BCUT2D eigenvalue weighted by molar-refractivity contribution is 5.88. The first-order valence-corrected chi connectivity index (χ1v) is 9.47. The number of carbonyl (C=O) groups is 1. The fraction of sp³-hybridized carbons (Fsp3) is 0.632. The highest BCUT2D eigenvalue weighted by Gasteiger charge is 2.27. The Morgan fingerprint density at radius 2 is 1.93 bits per heavy atom. The number of aromatic nitrogens is 4. The molecule has 1 aliphatic rings. The molecule has 1 aliphatic heterocycles. The molecule has 3 heterocycles. The number of piperidine rings is 1. The van der Waals surface area contributed by atoms with Crippen molar-refractivity contribution in [1.29, 1.82) is 0 Å². The van der Waals surface area contributed by atoms with E-state index in [0.29, 0.717) is 24.8 Å². The first-order chi connectivity index (χ1) is 12.7. The maximum absolute atomic E-state index is 12.5. The van der Waals surface area contributed by atoms with Gasteiger partial charge in [0.1, 0.15) is 0 Å². The number of nitrogens with zero attached hydrogens (tertiary/aromatic N) is 5. The Bertz CT molecular complexity index is 770. The van der Waals surface area contributed by atoms with Crippen molar-refractivity contribution >= 4 is 11.8 Å². The number of urea groups is 1. The van der Waals surface area contributed by atoms with E-state index in [1.54, 1.807) is 11.0 Å². The van der Waals surface area contributed by atoms with Gasteiger partial charge in [-0.1, -0.05) is 39.8 Å². The quantitative estimate of drug-likeness (QED) is 0.882. The number of nitrogens with one attached hydrogen (secondary N) is 1. The Balaban J connectivity index is 1.53. The standard InChI is InChI=1S/C19H28N6O2/c1-12(2)17-21-16(24-27-17)13-8-10-25(11-9-13)18(26)20-15-7-6-14(22-23-15)19(3,4)5/h6-7,12-13H,8-11H2,1-5H3,(H,20,23,26). The number of anilines is 1. The maximum Gasteiger partial charge on any atom is 0.323 e. The van der Waals surface area contributed by atoms with E-state index < -0.39 is 0 Å². The van der Waals surface area contributed by atoms with Crippen LogP contribution in [0, 0.1) is 0 Å². The smallest absolute Gasteiger partial charge is 0.323 e. The summed E-state index contributed by atoms with van der Waals surface area (Å²) in [5.74, 6) is 2.35. The molecule has 2 amide bonds. The molecule has 0 unspecified atom stereocenters. The number of likely N-dealkylation sites (tertiary alicyclic amines) is 1. The number of hydrogen-bond acceptors (Lipinski definition) is 6. The minimum atomic E-state index is -0.151. The second-order valence-electron chi connectivity index (χ2n) is 8.39. The van der Waals surface area contributed by atoms with E-state index in [-0.39, 0.29) is 23.3 Å². The van der Waals surface area contributed by atoms with Gasteiger partial charge in [0.25, 0.3) is 0 Å². The van der Waals surface area contributed by atoms with Crippen molar-refractivity contribution in [1.82, 2.24) is 25.2 Å². The van der Waals surface area contributed by atoms with Gasteiger partial charge in [-0.3, -0.25) is 5.32 Å². The second-order valence-corrected chi connectivity index (χ2v) is 8.39. The molecular weight excluding hydrogens is 344 g/mol. The third kappa shape index (κ3) is 4.61. The summed E-state index contributed by atoms with van der Waals surface area (Å²) in [6.45, 7) is 11.6. The van der Waals surface area contributed by atoms with Gasteiger partial charge in [0.2, 0.25) is 5.89 Å². The van der Waals surface area contributed by atoms with Gasteiger partial charge in [0.05, 0.1) is 5.69 Å². The van der Waals surface area contributed by atoms with E-state index in [2.05, 4.69) is 46.4 Å². The number of rotatable bonds is 3. The molecule has 0 aliphatic carbocycles. The van der Waals surface area contributed by atoms with Crippen molar-refractivity contribution in [3.63, 3.8) is 0 Å². The van der Waals surface area contributed by atoms with Crippen LogP contribution in [0.25, 0.3) is 0 Å². The lowest BCUT2D eigenvalue weighted by Gasteiger charge is -2.30. The molecule has 146 valence electrons. The molecule has 1 N–H and O–H groups in total. The number of hydrogen-bond donors (Lipinski definition) is 1. The van der Waals surface area contributed by atoms with Crippen molar-refractivity contribution in [2.24, 2.45) is 0 Å². The molecule has 1 saturated heterocycles. The molecule has 0 spiro atoms. The molecule has 8 nitrogen and oxygen atoms in total. The van der Waals surface area contributed by atoms with E-state index in [1.807, 2.05) is 19.9 Å². The van der Waals surface area contributed by atoms with E-state index in [0.717, 1.165) is 24.4 Å². The van der Waals surface area contributed by atoms with E-state index >= 15 is 0 Å². The lowest BCUT2D eigenvalue weighted by atomic mass is 9.92. The second kappa shape index (κ2) is 7.62. The average Bonchev–Trinajstić information content (AvgIpc) is 3.12. The van der Waals surface area contributed by atoms with Gasteiger partial charge in [0, 0.05) is 30.3 Å². The van der Waals surface area contributed by atoms with Gasteiger partial charge in [0.15, 0.2) is 11.6 Å². The highest BCUT2D eigenvalue weighted by Crippen LogP contribution is 2.27. The fourth-order valence-electron chi connectivity index (χ4n) is 2.98. The monoisotopic (exact) mass is 372 g/mol. The average molecular weight is 372 g/mol. The Morgan fingerprint density at radius 1 is 1.22 bits per heavy atom. The maximum atomic E-state index is 12.5. The Morgan fingerprint density at radius 3 is 2.44 bits per heavy atom. The molecule has 0 aromatic carbocycles. The molecule has 8 heteroatoms. The fourth-order valence-corrected chi connectivity index (χ4v) is 2.98. The normalized spacial score (nSPS) is 16.0. The SMILES string of the molecule is CC(C)c1nc(C2CCN(C(=O)Nc3ccc(C(C)(C)C)nn3)CC2)no1. The van der Waals surface area contributed by atoms with Crippen molar-refractivity contribution in [3.8, 4) is 0 Å². The summed E-state index contributed by atoms with van der Waals surface area (Å²) in [4.78, 5) is 18.8. The van der Waals surface area contributed by atoms with E-state index in [9.17, 15) is 4.79 Å². The van der Waals surface area contributed by atoms with Crippen LogP contribution in [0.4, 0.5) is 10.6 Å². The number of carbonyl (C=O) groups excluding carboxylic acids is 1. The summed E-state index contributed by atoms with van der Waals surface area (Å²) in [5, 5.41) is 15.3. The molecule has 2 aromatic rings. The Labute approximate surface area is 159 Å². The summed E-state index contributed by atoms with van der Waals surface area (Å²) in [7, 11) is 0. The van der Waals surface area contributed by atoms with Crippen LogP contribution < -0.4 is 5.32 Å². The van der Waals surface area contributed by atoms with Gasteiger partial charge in [-0.15, -0.1) is 5.10 Å². The van der Waals surface area contributed by atoms with Crippen molar-refractivity contribution in [2.45, 2.75) is 64.7 Å². The molecule has 0 bridgehead atoms. The van der Waals surface area contributed by atoms with Crippen LogP contribution in [-0.4, -0.2) is 44.4 Å². The molecule has 0 saturated carbocycles.